The van der Waals surface area contributed by atoms with Crippen molar-refractivity contribution in [2.45, 2.75) is 26.4 Å². The number of urea groups is 1. The molecule has 0 saturated carbocycles. The standard InChI is InChI=1S/C13H19BrN2O2/c1-9(17)7-8-16(3)13(18)15-12-6-4-5-11(14)10(12)2/h4-6,9,17H,7-8H2,1-3H3,(H,15,18). The van der Waals surface area contributed by atoms with Gasteiger partial charge in [-0.1, -0.05) is 22.0 Å². The van der Waals surface area contributed by atoms with E-state index in [4.69, 9.17) is 0 Å². The van der Waals surface area contributed by atoms with Crippen LogP contribution >= 0.6 is 15.9 Å². The van der Waals surface area contributed by atoms with Gasteiger partial charge in [0.2, 0.25) is 0 Å². The number of hydrogen-bond acceptors (Lipinski definition) is 2. The number of rotatable bonds is 4. The summed E-state index contributed by atoms with van der Waals surface area (Å²) in [6, 6.07) is 5.50. The predicted octanol–water partition coefficient (Wildman–Crippen LogP) is 2.99. The molecule has 0 radical (unpaired) electrons. The van der Waals surface area contributed by atoms with Gasteiger partial charge < -0.3 is 15.3 Å². The number of amides is 2. The Hall–Kier alpha value is -1.07. The van der Waals surface area contributed by atoms with Gasteiger partial charge in [0.15, 0.2) is 0 Å². The fraction of sp³-hybridized carbons (Fsp3) is 0.462. The van der Waals surface area contributed by atoms with Gasteiger partial charge in [0.1, 0.15) is 0 Å². The smallest absolute Gasteiger partial charge is 0.321 e. The fourth-order valence-electron chi connectivity index (χ4n) is 1.44. The third-order valence-electron chi connectivity index (χ3n) is 2.74. The Morgan fingerprint density at radius 1 is 1.56 bits per heavy atom. The van der Waals surface area contributed by atoms with Gasteiger partial charge in [-0.15, -0.1) is 0 Å². The van der Waals surface area contributed by atoms with Gasteiger partial charge in [-0.3, -0.25) is 0 Å². The summed E-state index contributed by atoms with van der Waals surface area (Å²) < 4.78 is 0.965. The van der Waals surface area contributed by atoms with Gasteiger partial charge in [-0.25, -0.2) is 4.79 Å². The lowest BCUT2D eigenvalue weighted by Crippen LogP contribution is -2.33. The Bertz CT molecular complexity index is 421. The average Bonchev–Trinajstić information content (AvgIpc) is 2.31. The molecule has 1 aromatic rings. The van der Waals surface area contributed by atoms with Gasteiger partial charge in [0, 0.05) is 23.8 Å². The summed E-state index contributed by atoms with van der Waals surface area (Å²) in [5.41, 5.74) is 1.79. The molecule has 0 aliphatic carbocycles. The minimum atomic E-state index is -0.396. The largest absolute Gasteiger partial charge is 0.393 e. The summed E-state index contributed by atoms with van der Waals surface area (Å²) in [5.74, 6) is 0. The third-order valence-corrected chi connectivity index (χ3v) is 3.60. The topological polar surface area (TPSA) is 52.6 Å². The van der Waals surface area contributed by atoms with E-state index < -0.39 is 6.10 Å². The van der Waals surface area contributed by atoms with Crippen LogP contribution in [0, 0.1) is 6.92 Å². The molecule has 100 valence electrons. The van der Waals surface area contributed by atoms with Crippen LogP contribution in [0.1, 0.15) is 18.9 Å². The van der Waals surface area contributed by atoms with Crippen LogP contribution in [-0.4, -0.2) is 35.7 Å². The first-order valence-corrected chi connectivity index (χ1v) is 6.66. The van der Waals surface area contributed by atoms with E-state index in [1.54, 1.807) is 18.9 Å². The summed E-state index contributed by atoms with van der Waals surface area (Å²) in [6.07, 6.45) is 0.175. The minimum absolute atomic E-state index is 0.170. The molecule has 5 heteroatoms. The number of nitrogens with zero attached hydrogens (tertiary/aromatic N) is 1. The second-order valence-corrected chi connectivity index (χ2v) is 5.26. The van der Waals surface area contributed by atoms with Crippen molar-refractivity contribution in [3.63, 3.8) is 0 Å². The molecule has 0 aliphatic heterocycles. The van der Waals surface area contributed by atoms with Crippen molar-refractivity contribution in [2.75, 3.05) is 18.9 Å². The van der Waals surface area contributed by atoms with E-state index in [0.717, 1.165) is 15.7 Å². The Labute approximate surface area is 116 Å². The second-order valence-electron chi connectivity index (χ2n) is 4.40. The number of aliphatic hydroxyl groups excluding tert-OH is 1. The molecular weight excluding hydrogens is 296 g/mol. The van der Waals surface area contributed by atoms with Crippen molar-refractivity contribution in [1.82, 2.24) is 4.90 Å². The highest BCUT2D eigenvalue weighted by Gasteiger charge is 2.11. The highest BCUT2D eigenvalue weighted by molar-refractivity contribution is 9.10. The Morgan fingerprint density at radius 3 is 2.83 bits per heavy atom. The predicted molar refractivity (Wildman–Crippen MR) is 76.8 cm³/mol. The van der Waals surface area contributed by atoms with E-state index in [1.807, 2.05) is 25.1 Å². The normalized spacial score (nSPS) is 12.1. The molecule has 18 heavy (non-hydrogen) atoms. The number of nitrogens with one attached hydrogen (secondary N) is 1. The lowest BCUT2D eigenvalue weighted by Gasteiger charge is -2.19. The molecule has 0 bridgehead atoms. The van der Waals surface area contributed by atoms with E-state index in [-0.39, 0.29) is 6.03 Å². The number of benzene rings is 1. The molecule has 1 unspecified atom stereocenters. The molecule has 2 N–H and O–H groups in total. The van der Waals surface area contributed by atoms with Crippen molar-refractivity contribution in [3.8, 4) is 0 Å². The maximum absolute atomic E-state index is 11.9. The van der Waals surface area contributed by atoms with Crippen molar-refractivity contribution < 1.29 is 9.90 Å². The van der Waals surface area contributed by atoms with Gasteiger partial charge >= 0.3 is 6.03 Å². The number of carbonyl (C=O) groups is 1. The van der Waals surface area contributed by atoms with Gasteiger partial charge in [-0.2, -0.15) is 0 Å². The lowest BCUT2D eigenvalue weighted by molar-refractivity contribution is 0.167. The fourth-order valence-corrected chi connectivity index (χ4v) is 1.80. The third kappa shape index (κ3) is 4.31. The highest BCUT2D eigenvalue weighted by atomic mass is 79.9. The Kier molecular flexibility index (Phi) is 5.62. The minimum Gasteiger partial charge on any atom is -0.393 e. The number of carbonyl (C=O) groups excluding carboxylic acids is 1. The molecule has 1 rings (SSSR count). The first-order valence-electron chi connectivity index (χ1n) is 5.87. The first kappa shape index (κ1) is 15.0. The van der Waals surface area contributed by atoms with Crippen LogP contribution in [0.5, 0.6) is 0 Å². The van der Waals surface area contributed by atoms with E-state index in [1.165, 1.54) is 0 Å². The second kappa shape index (κ2) is 6.75. The molecular formula is C13H19BrN2O2. The molecule has 1 aromatic carbocycles. The lowest BCUT2D eigenvalue weighted by atomic mass is 10.2. The van der Waals surface area contributed by atoms with Crippen LogP contribution in [0.4, 0.5) is 10.5 Å². The number of aliphatic hydroxyl groups is 1. The van der Waals surface area contributed by atoms with Crippen molar-refractivity contribution in [2.24, 2.45) is 0 Å². The molecule has 0 aliphatic rings. The molecule has 0 saturated heterocycles. The van der Waals surface area contributed by atoms with Crippen LogP contribution in [0.3, 0.4) is 0 Å². The van der Waals surface area contributed by atoms with Crippen LogP contribution in [-0.2, 0) is 0 Å². The summed E-state index contributed by atoms with van der Waals surface area (Å²) in [5, 5.41) is 12.0. The van der Waals surface area contributed by atoms with E-state index >= 15 is 0 Å². The zero-order valence-electron chi connectivity index (χ0n) is 10.9. The Morgan fingerprint density at radius 2 is 2.22 bits per heavy atom. The first-order chi connectivity index (χ1) is 8.41. The Balaban J connectivity index is 2.61. The van der Waals surface area contributed by atoms with Crippen LogP contribution in [0.15, 0.2) is 22.7 Å². The van der Waals surface area contributed by atoms with Gasteiger partial charge in [0.05, 0.1) is 6.10 Å². The SMILES string of the molecule is Cc1c(Br)cccc1NC(=O)N(C)CCC(C)O. The summed E-state index contributed by atoms with van der Waals surface area (Å²) in [4.78, 5) is 13.5. The van der Waals surface area contributed by atoms with E-state index in [9.17, 15) is 9.90 Å². The van der Waals surface area contributed by atoms with E-state index in [0.29, 0.717) is 13.0 Å². The summed E-state index contributed by atoms with van der Waals surface area (Å²) in [6.45, 7) is 4.18. The average molecular weight is 315 g/mol. The zero-order valence-corrected chi connectivity index (χ0v) is 12.5. The number of halogens is 1. The summed E-state index contributed by atoms with van der Waals surface area (Å²) >= 11 is 3.42. The summed E-state index contributed by atoms with van der Waals surface area (Å²) in [7, 11) is 1.71. The number of hydrogen-bond donors (Lipinski definition) is 2. The van der Waals surface area contributed by atoms with Crippen molar-refractivity contribution >= 4 is 27.6 Å². The maximum atomic E-state index is 11.9. The van der Waals surface area contributed by atoms with Crippen molar-refractivity contribution in [1.29, 1.82) is 0 Å². The molecule has 0 spiro atoms. The van der Waals surface area contributed by atoms with Gasteiger partial charge in [-0.05, 0) is 38.0 Å². The van der Waals surface area contributed by atoms with Crippen LogP contribution in [0.2, 0.25) is 0 Å². The molecule has 2 amide bonds. The van der Waals surface area contributed by atoms with E-state index in [2.05, 4.69) is 21.2 Å². The highest BCUT2D eigenvalue weighted by Crippen LogP contribution is 2.23. The zero-order chi connectivity index (χ0) is 13.7. The molecule has 0 heterocycles. The quantitative estimate of drug-likeness (QED) is 0.897. The van der Waals surface area contributed by atoms with Crippen molar-refractivity contribution in [3.05, 3.63) is 28.2 Å². The van der Waals surface area contributed by atoms with Gasteiger partial charge in [0.25, 0.3) is 0 Å². The van der Waals surface area contributed by atoms with Crippen LogP contribution < -0.4 is 5.32 Å². The number of anilines is 1. The molecule has 4 nitrogen and oxygen atoms in total. The van der Waals surface area contributed by atoms with Crippen LogP contribution in [0.25, 0.3) is 0 Å². The molecule has 1 atom stereocenters. The molecule has 0 aromatic heterocycles. The maximum Gasteiger partial charge on any atom is 0.321 e. The monoisotopic (exact) mass is 314 g/mol. The molecule has 0 fully saturated rings.